The fourth-order valence-electron chi connectivity index (χ4n) is 3.90. The van der Waals surface area contributed by atoms with E-state index in [0.29, 0.717) is 16.6 Å². The highest BCUT2D eigenvalue weighted by Gasteiger charge is 2.26. The topological polar surface area (TPSA) is 69.6 Å². The molecule has 1 saturated carbocycles. The number of aliphatic imine (C=N–C) groups is 1. The van der Waals surface area contributed by atoms with Gasteiger partial charge in [0.1, 0.15) is 5.76 Å². The summed E-state index contributed by atoms with van der Waals surface area (Å²) >= 11 is 1.83. The first kappa shape index (κ1) is 21.5. The third kappa shape index (κ3) is 4.49. The zero-order valence-electron chi connectivity index (χ0n) is 18.3. The lowest BCUT2D eigenvalue weighted by Crippen LogP contribution is -2.18. The van der Waals surface area contributed by atoms with Crippen LogP contribution in [-0.2, 0) is 11.8 Å². The van der Waals surface area contributed by atoms with Crippen molar-refractivity contribution in [1.29, 1.82) is 0 Å². The molecule has 5 nitrogen and oxygen atoms in total. The molecule has 2 aliphatic carbocycles. The molecule has 1 heterocycles. The second kappa shape index (κ2) is 9.18. The van der Waals surface area contributed by atoms with E-state index in [2.05, 4.69) is 23.4 Å². The monoisotopic (exact) mass is 435 g/mol. The lowest BCUT2D eigenvalue weighted by molar-refractivity contribution is 0.212. The molecular weight excluding hydrogens is 406 g/mol. The van der Waals surface area contributed by atoms with Gasteiger partial charge in [-0.15, -0.1) is 0 Å². The van der Waals surface area contributed by atoms with Crippen molar-refractivity contribution in [3.63, 3.8) is 0 Å². The Bertz CT molecular complexity index is 1170. The second-order valence-electron chi connectivity index (χ2n) is 8.14. The van der Waals surface area contributed by atoms with Gasteiger partial charge in [-0.3, -0.25) is 9.79 Å². The normalized spacial score (nSPS) is 19.6. The molecule has 2 aromatic rings. The number of aryl methyl sites for hydroxylation is 1. The van der Waals surface area contributed by atoms with Crippen molar-refractivity contribution in [2.75, 3.05) is 19.9 Å². The number of rotatable bonds is 7. The minimum atomic E-state index is -0.0185. The number of nitrogens with two attached hydrogens (primary N) is 1. The summed E-state index contributed by atoms with van der Waals surface area (Å²) in [6.45, 7) is 0.759. The largest absolute Gasteiger partial charge is 0.493 e. The van der Waals surface area contributed by atoms with Gasteiger partial charge in [0, 0.05) is 60.1 Å². The van der Waals surface area contributed by atoms with Gasteiger partial charge in [0.25, 0.3) is 5.56 Å². The molecule has 31 heavy (non-hydrogen) atoms. The SMILES string of the molecule is CN=CC(=CN)c1ccc2c(=O)n(C)cc(C3=CC(SC)CC=C3OCC3CC3)c2c1. The van der Waals surface area contributed by atoms with Gasteiger partial charge in [-0.25, -0.2) is 0 Å². The van der Waals surface area contributed by atoms with Crippen molar-refractivity contribution in [2.45, 2.75) is 24.5 Å². The van der Waals surface area contributed by atoms with E-state index in [0.717, 1.165) is 46.4 Å². The van der Waals surface area contributed by atoms with E-state index >= 15 is 0 Å². The van der Waals surface area contributed by atoms with Crippen molar-refractivity contribution in [2.24, 2.45) is 23.7 Å². The number of nitrogens with zero attached hydrogens (tertiary/aromatic N) is 2. The first-order valence-electron chi connectivity index (χ1n) is 10.6. The van der Waals surface area contributed by atoms with Gasteiger partial charge in [-0.2, -0.15) is 11.8 Å². The molecule has 6 heteroatoms. The highest BCUT2D eigenvalue weighted by molar-refractivity contribution is 7.99. The van der Waals surface area contributed by atoms with Crippen LogP contribution in [0.4, 0.5) is 0 Å². The summed E-state index contributed by atoms with van der Waals surface area (Å²) in [5, 5.41) is 1.96. The molecule has 4 rings (SSSR count). The van der Waals surface area contributed by atoms with Crippen LogP contribution in [0.15, 0.2) is 58.3 Å². The van der Waals surface area contributed by atoms with E-state index in [1.165, 1.54) is 12.8 Å². The molecule has 0 saturated heterocycles. The lowest BCUT2D eigenvalue weighted by atomic mass is 9.92. The van der Waals surface area contributed by atoms with Crippen LogP contribution in [0.25, 0.3) is 21.9 Å². The molecule has 0 radical (unpaired) electrons. The van der Waals surface area contributed by atoms with Crippen LogP contribution in [0.2, 0.25) is 0 Å². The van der Waals surface area contributed by atoms with E-state index in [1.54, 1.807) is 31.1 Å². The summed E-state index contributed by atoms with van der Waals surface area (Å²) in [6.07, 6.45) is 15.3. The predicted molar refractivity (Wildman–Crippen MR) is 132 cm³/mol. The van der Waals surface area contributed by atoms with Gasteiger partial charge >= 0.3 is 0 Å². The van der Waals surface area contributed by atoms with Crippen molar-refractivity contribution in [3.8, 4) is 0 Å². The summed E-state index contributed by atoms with van der Waals surface area (Å²) in [4.78, 5) is 17.0. The summed E-state index contributed by atoms with van der Waals surface area (Å²) < 4.78 is 7.93. The average molecular weight is 436 g/mol. The van der Waals surface area contributed by atoms with Crippen LogP contribution >= 0.6 is 11.8 Å². The van der Waals surface area contributed by atoms with Gasteiger partial charge in [-0.05, 0) is 60.6 Å². The van der Waals surface area contributed by atoms with Crippen molar-refractivity contribution in [1.82, 2.24) is 4.57 Å². The number of ether oxygens (including phenoxy) is 1. The summed E-state index contributed by atoms with van der Waals surface area (Å²) in [7, 11) is 3.52. The van der Waals surface area contributed by atoms with Crippen LogP contribution in [0.5, 0.6) is 0 Å². The fraction of sp³-hybridized carbons (Fsp3) is 0.360. The summed E-state index contributed by atoms with van der Waals surface area (Å²) in [6, 6.07) is 5.84. The Morgan fingerprint density at radius 3 is 2.84 bits per heavy atom. The number of aromatic nitrogens is 1. The molecule has 2 aliphatic rings. The highest BCUT2D eigenvalue weighted by Crippen LogP contribution is 2.38. The fourth-order valence-corrected chi connectivity index (χ4v) is 4.46. The van der Waals surface area contributed by atoms with Gasteiger partial charge in [-0.1, -0.05) is 12.1 Å². The molecular formula is C25H29N3O2S. The Morgan fingerprint density at radius 1 is 1.35 bits per heavy atom. The molecule has 2 N–H and O–H groups in total. The lowest BCUT2D eigenvalue weighted by Gasteiger charge is -2.23. The molecule has 0 amide bonds. The number of hydrogen-bond donors (Lipinski definition) is 1. The van der Waals surface area contributed by atoms with E-state index in [9.17, 15) is 4.79 Å². The number of hydrogen-bond acceptors (Lipinski definition) is 5. The Hall–Kier alpha value is -2.73. The molecule has 1 fully saturated rings. The first-order chi connectivity index (χ1) is 15.0. The maximum atomic E-state index is 12.9. The quantitative estimate of drug-likeness (QED) is 0.656. The Balaban J connectivity index is 1.89. The number of fused-ring (bicyclic) bond motifs is 1. The van der Waals surface area contributed by atoms with E-state index in [1.807, 2.05) is 36.2 Å². The maximum Gasteiger partial charge on any atom is 0.258 e. The van der Waals surface area contributed by atoms with Crippen LogP contribution in [0, 0.1) is 5.92 Å². The van der Waals surface area contributed by atoms with Crippen molar-refractivity contribution >= 4 is 39.9 Å². The van der Waals surface area contributed by atoms with Gasteiger partial charge in [0.15, 0.2) is 0 Å². The first-order valence-corrected chi connectivity index (χ1v) is 11.9. The molecule has 162 valence electrons. The highest BCUT2D eigenvalue weighted by atomic mass is 32.2. The van der Waals surface area contributed by atoms with Crippen molar-refractivity contribution in [3.05, 3.63) is 70.0 Å². The van der Waals surface area contributed by atoms with Gasteiger partial charge in [0.05, 0.1) is 6.61 Å². The summed E-state index contributed by atoms with van der Waals surface area (Å²) in [5.41, 5.74) is 9.63. The van der Waals surface area contributed by atoms with Crippen LogP contribution in [0.3, 0.4) is 0 Å². The molecule has 0 aliphatic heterocycles. The van der Waals surface area contributed by atoms with Gasteiger partial charge < -0.3 is 15.0 Å². The summed E-state index contributed by atoms with van der Waals surface area (Å²) in [5.74, 6) is 1.60. The number of pyridine rings is 1. The molecule has 1 atom stereocenters. The maximum absolute atomic E-state index is 12.9. The van der Waals surface area contributed by atoms with Gasteiger partial charge in [0.2, 0.25) is 0 Å². The number of allylic oxidation sites excluding steroid dienone is 3. The minimum absolute atomic E-state index is 0.0185. The standard InChI is InChI=1S/C25H29N3O2S/c1-27-13-18(12-26)17-6-8-20-21(10-17)23(14-28(2)25(20)29)22-11-19(31-3)7-9-24(22)30-15-16-4-5-16/h6,8-14,16,19H,4-5,7,15,26H2,1-3H3. The van der Waals surface area contributed by atoms with Crippen LogP contribution in [-0.4, -0.2) is 35.9 Å². The molecule has 1 aromatic carbocycles. The van der Waals surface area contributed by atoms with Crippen LogP contribution < -0.4 is 11.3 Å². The Morgan fingerprint density at radius 2 is 2.16 bits per heavy atom. The van der Waals surface area contributed by atoms with E-state index < -0.39 is 0 Å². The van der Waals surface area contributed by atoms with Crippen LogP contribution in [0.1, 0.15) is 30.4 Å². The van der Waals surface area contributed by atoms with E-state index in [4.69, 9.17) is 10.5 Å². The second-order valence-corrected chi connectivity index (χ2v) is 9.22. The Kier molecular flexibility index (Phi) is 6.37. The molecule has 0 bridgehead atoms. The van der Waals surface area contributed by atoms with E-state index in [-0.39, 0.29) is 5.56 Å². The third-order valence-electron chi connectivity index (χ3n) is 5.88. The predicted octanol–water partition coefficient (Wildman–Crippen LogP) is 4.37. The molecule has 1 unspecified atom stereocenters. The molecule has 0 spiro atoms. The number of thioether (sulfide) groups is 1. The van der Waals surface area contributed by atoms with Crippen molar-refractivity contribution < 1.29 is 4.74 Å². The average Bonchev–Trinajstić information content (AvgIpc) is 3.62. The number of benzene rings is 1. The smallest absolute Gasteiger partial charge is 0.258 e. The minimum Gasteiger partial charge on any atom is -0.493 e. The zero-order chi connectivity index (χ0) is 22.0. The zero-order valence-corrected chi connectivity index (χ0v) is 19.1. The molecule has 1 aromatic heterocycles. The third-order valence-corrected chi connectivity index (χ3v) is 6.82. The Labute approximate surface area is 187 Å².